The number of nitrogens with zero attached hydrogens (tertiary/aromatic N) is 1. The average Bonchev–Trinajstić information content (AvgIpc) is 3.00. The fourth-order valence-electron chi connectivity index (χ4n) is 2.00. The van der Waals surface area contributed by atoms with Gasteiger partial charge in [-0.3, -0.25) is 4.99 Å². The number of benzene rings is 1. The molecule has 3 nitrogen and oxygen atoms in total. The second-order valence-corrected chi connectivity index (χ2v) is 6.61. The molecule has 2 rings (SSSR count). The molecule has 21 heavy (non-hydrogen) atoms. The summed E-state index contributed by atoms with van der Waals surface area (Å²) >= 11 is 5.25. The van der Waals surface area contributed by atoms with Gasteiger partial charge in [-0.2, -0.15) is 0 Å². The van der Waals surface area contributed by atoms with Gasteiger partial charge in [0.1, 0.15) is 0 Å². The zero-order valence-corrected chi connectivity index (χ0v) is 14.5. The summed E-state index contributed by atoms with van der Waals surface area (Å²) in [4.78, 5) is 5.55. The number of halogens is 1. The van der Waals surface area contributed by atoms with E-state index in [-0.39, 0.29) is 0 Å². The molecule has 1 aromatic heterocycles. The standard InChI is InChI=1S/C16H20BrN3S/c1-18-16(20-12-15-8-4-10-21-15)19-9-3-6-13-5-2-7-14(17)11-13/h2,4-5,7-8,10-11H,3,6,9,12H2,1H3,(H2,18,19,20). The van der Waals surface area contributed by atoms with E-state index < -0.39 is 0 Å². The Kier molecular flexibility index (Phi) is 6.76. The SMILES string of the molecule is CN=C(NCCCc1cccc(Br)c1)NCc1cccs1. The molecule has 0 saturated heterocycles. The highest BCUT2D eigenvalue weighted by Gasteiger charge is 1.99. The third-order valence-electron chi connectivity index (χ3n) is 3.06. The van der Waals surface area contributed by atoms with Crippen molar-refractivity contribution in [3.8, 4) is 0 Å². The van der Waals surface area contributed by atoms with Crippen LogP contribution in [0.2, 0.25) is 0 Å². The molecular formula is C16H20BrN3S. The molecule has 0 atom stereocenters. The van der Waals surface area contributed by atoms with Crippen molar-refractivity contribution in [2.24, 2.45) is 4.99 Å². The second-order valence-electron chi connectivity index (χ2n) is 4.67. The minimum Gasteiger partial charge on any atom is -0.356 e. The molecule has 0 aliphatic carbocycles. The molecular weight excluding hydrogens is 346 g/mol. The van der Waals surface area contributed by atoms with Gasteiger partial charge >= 0.3 is 0 Å². The molecule has 112 valence electrons. The van der Waals surface area contributed by atoms with Crippen LogP contribution in [0, 0.1) is 0 Å². The van der Waals surface area contributed by atoms with Crippen molar-refractivity contribution >= 4 is 33.2 Å². The van der Waals surface area contributed by atoms with E-state index in [1.54, 1.807) is 18.4 Å². The summed E-state index contributed by atoms with van der Waals surface area (Å²) in [5.74, 6) is 0.859. The van der Waals surface area contributed by atoms with Crippen molar-refractivity contribution in [3.63, 3.8) is 0 Å². The number of aliphatic imine (C=N–C) groups is 1. The number of aryl methyl sites for hydroxylation is 1. The van der Waals surface area contributed by atoms with Crippen molar-refractivity contribution in [3.05, 3.63) is 56.7 Å². The van der Waals surface area contributed by atoms with Crippen LogP contribution in [0.4, 0.5) is 0 Å². The van der Waals surface area contributed by atoms with E-state index in [1.165, 1.54) is 10.4 Å². The van der Waals surface area contributed by atoms with Crippen molar-refractivity contribution in [1.82, 2.24) is 10.6 Å². The first-order chi connectivity index (χ1) is 10.3. The molecule has 0 fully saturated rings. The maximum absolute atomic E-state index is 4.24. The fourth-order valence-corrected chi connectivity index (χ4v) is 3.09. The van der Waals surface area contributed by atoms with Gasteiger partial charge in [0.25, 0.3) is 0 Å². The number of hydrogen-bond donors (Lipinski definition) is 2. The van der Waals surface area contributed by atoms with Crippen molar-refractivity contribution < 1.29 is 0 Å². The maximum Gasteiger partial charge on any atom is 0.191 e. The summed E-state index contributed by atoms with van der Waals surface area (Å²) in [6.45, 7) is 1.74. The molecule has 2 N–H and O–H groups in total. The van der Waals surface area contributed by atoms with E-state index in [9.17, 15) is 0 Å². The number of guanidine groups is 1. The first-order valence-corrected chi connectivity index (χ1v) is 8.66. The average molecular weight is 366 g/mol. The summed E-state index contributed by atoms with van der Waals surface area (Å²) in [7, 11) is 1.80. The zero-order valence-electron chi connectivity index (χ0n) is 12.1. The van der Waals surface area contributed by atoms with Crippen LogP contribution < -0.4 is 10.6 Å². The lowest BCUT2D eigenvalue weighted by atomic mass is 10.1. The Labute approximate surface area is 138 Å². The van der Waals surface area contributed by atoms with Gasteiger partial charge in [0, 0.05) is 22.9 Å². The van der Waals surface area contributed by atoms with Gasteiger partial charge in [0.15, 0.2) is 5.96 Å². The van der Waals surface area contributed by atoms with Crippen molar-refractivity contribution in [2.45, 2.75) is 19.4 Å². The summed E-state index contributed by atoms with van der Waals surface area (Å²) in [6, 6.07) is 12.7. The lowest BCUT2D eigenvalue weighted by molar-refractivity contribution is 0.743. The largest absolute Gasteiger partial charge is 0.356 e. The Bertz CT molecular complexity index is 567. The molecule has 2 aromatic rings. The number of nitrogens with one attached hydrogen (secondary N) is 2. The van der Waals surface area contributed by atoms with Crippen LogP contribution in [-0.4, -0.2) is 19.6 Å². The fraction of sp³-hybridized carbons (Fsp3) is 0.312. The van der Waals surface area contributed by atoms with Gasteiger partial charge in [-0.05, 0) is 42.0 Å². The first-order valence-electron chi connectivity index (χ1n) is 6.99. The predicted octanol–water partition coefficient (Wildman–Crippen LogP) is 3.81. The van der Waals surface area contributed by atoms with Crippen LogP contribution in [-0.2, 0) is 13.0 Å². The molecule has 5 heteroatoms. The second kappa shape index (κ2) is 8.85. The maximum atomic E-state index is 4.24. The minimum absolute atomic E-state index is 0.822. The van der Waals surface area contributed by atoms with Gasteiger partial charge in [0.05, 0.1) is 6.54 Å². The van der Waals surface area contributed by atoms with E-state index >= 15 is 0 Å². The Morgan fingerprint density at radius 1 is 1.24 bits per heavy atom. The third-order valence-corrected chi connectivity index (χ3v) is 4.43. The first kappa shape index (κ1) is 16.0. The molecule has 0 unspecified atom stereocenters. The Balaban J connectivity index is 1.66. The minimum atomic E-state index is 0.822. The summed E-state index contributed by atoms with van der Waals surface area (Å²) in [6.07, 6.45) is 2.14. The van der Waals surface area contributed by atoms with Crippen molar-refractivity contribution in [1.29, 1.82) is 0 Å². The Hall–Kier alpha value is -1.33. The zero-order chi connectivity index (χ0) is 14.9. The number of hydrogen-bond acceptors (Lipinski definition) is 2. The summed E-state index contributed by atoms with van der Waals surface area (Å²) in [5, 5.41) is 8.76. The van der Waals surface area contributed by atoms with Crippen molar-refractivity contribution in [2.75, 3.05) is 13.6 Å². The van der Waals surface area contributed by atoms with Crippen LogP contribution in [0.1, 0.15) is 16.9 Å². The molecule has 0 aliphatic heterocycles. The highest BCUT2D eigenvalue weighted by atomic mass is 79.9. The van der Waals surface area contributed by atoms with Crippen LogP contribution in [0.5, 0.6) is 0 Å². The molecule has 1 aromatic carbocycles. The van der Waals surface area contributed by atoms with E-state index in [4.69, 9.17) is 0 Å². The lowest BCUT2D eigenvalue weighted by Crippen LogP contribution is -2.37. The summed E-state index contributed by atoms with van der Waals surface area (Å²) < 4.78 is 1.14. The topological polar surface area (TPSA) is 36.4 Å². The van der Waals surface area contributed by atoms with Gasteiger partial charge < -0.3 is 10.6 Å². The number of rotatable bonds is 6. The molecule has 0 amide bonds. The van der Waals surface area contributed by atoms with Crippen LogP contribution in [0.15, 0.2) is 51.2 Å². The molecule has 0 bridgehead atoms. The molecule has 0 aliphatic rings. The van der Waals surface area contributed by atoms with E-state index in [0.29, 0.717) is 0 Å². The Morgan fingerprint density at radius 3 is 2.86 bits per heavy atom. The predicted molar refractivity (Wildman–Crippen MR) is 95.0 cm³/mol. The van der Waals surface area contributed by atoms with Gasteiger partial charge in [-0.25, -0.2) is 0 Å². The molecule has 0 saturated carbocycles. The van der Waals surface area contributed by atoms with Gasteiger partial charge in [-0.1, -0.05) is 34.1 Å². The summed E-state index contributed by atoms with van der Waals surface area (Å²) in [5.41, 5.74) is 1.35. The van der Waals surface area contributed by atoms with E-state index in [1.807, 2.05) is 0 Å². The third kappa shape index (κ3) is 5.89. The van der Waals surface area contributed by atoms with Crippen LogP contribution in [0.25, 0.3) is 0 Å². The smallest absolute Gasteiger partial charge is 0.191 e. The molecule has 0 spiro atoms. The monoisotopic (exact) mass is 365 g/mol. The van der Waals surface area contributed by atoms with Gasteiger partial charge in [-0.15, -0.1) is 11.3 Å². The van der Waals surface area contributed by atoms with E-state index in [0.717, 1.165) is 36.4 Å². The van der Waals surface area contributed by atoms with E-state index in [2.05, 4.69) is 73.3 Å². The number of thiophene rings is 1. The quantitative estimate of drug-likeness (QED) is 0.463. The molecule has 0 radical (unpaired) electrons. The van der Waals surface area contributed by atoms with Gasteiger partial charge in [0.2, 0.25) is 0 Å². The lowest BCUT2D eigenvalue weighted by Gasteiger charge is -2.11. The van der Waals surface area contributed by atoms with Crippen LogP contribution >= 0.6 is 27.3 Å². The van der Waals surface area contributed by atoms with Crippen LogP contribution in [0.3, 0.4) is 0 Å². The highest BCUT2D eigenvalue weighted by Crippen LogP contribution is 2.12. The normalized spacial score (nSPS) is 11.4. The molecule has 1 heterocycles. The highest BCUT2D eigenvalue weighted by molar-refractivity contribution is 9.10. The Morgan fingerprint density at radius 2 is 2.14 bits per heavy atom.